The van der Waals surface area contributed by atoms with Crippen molar-refractivity contribution in [3.8, 4) is 5.82 Å². The summed E-state index contributed by atoms with van der Waals surface area (Å²) >= 11 is 0. The first-order chi connectivity index (χ1) is 13.8. The van der Waals surface area contributed by atoms with E-state index in [-0.39, 0.29) is 0 Å². The van der Waals surface area contributed by atoms with Gasteiger partial charge in [0.05, 0.1) is 0 Å². The van der Waals surface area contributed by atoms with Gasteiger partial charge >= 0.3 is 0 Å². The Morgan fingerprint density at radius 1 is 1.14 bits per heavy atom. The second-order valence-corrected chi connectivity index (χ2v) is 6.67. The van der Waals surface area contributed by atoms with Gasteiger partial charge in [0.15, 0.2) is 11.8 Å². The van der Waals surface area contributed by atoms with Gasteiger partial charge in [-0.25, -0.2) is 9.67 Å². The van der Waals surface area contributed by atoms with E-state index in [2.05, 4.69) is 61.7 Å². The van der Waals surface area contributed by atoms with Crippen molar-refractivity contribution >= 4 is 11.5 Å². The molecule has 3 aromatic rings. The van der Waals surface area contributed by atoms with Crippen LogP contribution in [0, 0.1) is 0 Å². The van der Waals surface area contributed by atoms with Crippen molar-refractivity contribution in [3.05, 3.63) is 84.3 Å². The van der Waals surface area contributed by atoms with Crippen LogP contribution in [0.3, 0.4) is 0 Å². The van der Waals surface area contributed by atoms with Crippen LogP contribution in [0.4, 0.5) is 0 Å². The van der Waals surface area contributed by atoms with Crippen molar-refractivity contribution in [2.45, 2.75) is 13.0 Å². The molecule has 1 aliphatic rings. The maximum atomic E-state index is 4.47. The monoisotopic (exact) mass is 372 g/mol. The number of benzene rings is 1. The van der Waals surface area contributed by atoms with Gasteiger partial charge in [-0.15, -0.1) is 0 Å². The lowest BCUT2D eigenvalue weighted by Gasteiger charge is -2.29. The van der Waals surface area contributed by atoms with Gasteiger partial charge in [-0.2, -0.15) is 5.10 Å². The van der Waals surface area contributed by atoms with E-state index in [0.717, 1.165) is 36.9 Å². The maximum absolute atomic E-state index is 4.47. The molecule has 1 aliphatic heterocycles. The number of aromatic nitrogens is 3. The molecule has 0 saturated carbocycles. The second-order valence-electron chi connectivity index (χ2n) is 6.67. The summed E-state index contributed by atoms with van der Waals surface area (Å²) < 4.78 is 1.76. The quantitative estimate of drug-likeness (QED) is 0.565. The molecule has 1 N–H and O–H groups in total. The summed E-state index contributed by atoms with van der Waals surface area (Å²) in [6, 6.07) is 16.5. The first-order valence-corrected chi connectivity index (χ1v) is 9.48. The molecular weight excluding hydrogens is 348 g/mol. The summed E-state index contributed by atoms with van der Waals surface area (Å²) in [5, 5.41) is 7.71. The average Bonchev–Trinajstić information content (AvgIpc) is 3.31. The van der Waals surface area contributed by atoms with Crippen LogP contribution in [0.2, 0.25) is 0 Å². The van der Waals surface area contributed by atoms with Gasteiger partial charge in [0.2, 0.25) is 0 Å². The molecule has 2 aromatic heterocycles. The highest BCUT2D eigenvalue weighted by Crippen LogP contribution is 2.22. The first-order valence-electron chi connectivity index (χ1n) is 9.48. The number of nitrogens with one attached hydrogen (secondary N) is 1. The van der Waals surface area contributed by atoms with Gasteiger partial charge in [0, 0.05) is 45.3 Å². The molecule has 0 saturated heterocycles. The fourth-order valence-electron chi connectivity index (χ4n) is 3.39. The normalized spacial score (nSPS) is 14.7. The Hall–Kier alpha value is -3.41. The van der Waals surface area contributed by atoms with Crippen LogP contribution in [-0.2, 0) is 6.54 Å². The predicted molar refractivity (Wildman–Crippen MR) is 112 cm³/mol. The summed E-state index contributed by atoms with van der Waals surface area (Å²) in [7, 11) is 1.83. The maximum Gasteiger partial charge on any atom is 0.194 e. The predicted octanol–water partition coefficient (Wildman–Crippen LogP) is 3.13. The van der Waals surface area contributed by atoms with Gasteiger partial charge in [0.25, 0.3) is 0 Å². The van der Waals surface area contributed by atoms with E-state index in [9.17, 15) is 0 Å². The Balaban J connectivity index is 1.38. The zero-order valence-corrected chi connectivity index (χ0v) is 16.0. The molecule has 0 bridgehead atoms. The van der Waals surface area contributed by atoms with Crippen LogP contribution in [-0.4, -0.2) is 45.8 Å². The van der Waals surface area contributed by atoms with Gasteiger partial charge in [0.1, 0.15) is 0 Å². The standard InChI is InChI=1S/C22H24N6/c1-23-22(27-14-9-20(10-15-27)19-6-3-2-4-7-19)25-17-18-8-12-24-21(16-18)28-13-5-11-26-28/h2-9,11-13,16H,10,14-15,17H2,1H3,(H,23,25). The molecule has 0 atom stereocenters. The van der Waals surface area contributed by atoms with E-state index < -0.39 is 0 Å². The molecule has 1 aromatic carbocycles. The fourth-order valence-corrected chi connectivity index (χ4v) is 3.39. The molecule has 0 spiro atoms. The Morgan fingerprint density at radius 2 is 2.04 bits per heavy atom. The molecule has 4 rings (SSSR count). The van der Waals surface area contributed by atoms with Crippen LogP contribution in [0.25, 0.3) is 11.4 Å². The third kappa shape index (κ3) is 4.11. The summed E-state index contributed by atoms with van der Waals surface area (Å²) in [4.78, 5) is 11.1. The lowest BCUT2D eigenvalue weighted by Crippen LogP contribution is -2.43. The summed E-state index contributed by atoms with van der Waals surface area (Å²) in [6.07, 6.45) is 8.77. The molecule has 0 amide bonds. The van der Waals surface area contributed by atoms with E-state index in [4.69, 9.17) is 0 Å². The van der Waals surface area contributed by atoms with E-state index in [1.807, 2.05) is 37.6 Å². The number of nitrogens with zero attached hydrogens (tertiary/aromatic N) is 5. The van der Waals surface area contributed by atoms with Gasteiger partial charge in [-0.3, -0.25) is 4.99 Å². The average molecular weight is 372 g/mol. The number of guanidine groups is 1. The van der Waals surface area contributed by atoms with Gasteiger partial charge in [-0.05, 0) is 41.3 Å². The lowest BCUT2D eigenvalue weighted by molar-refractivity contribution is 0.440. The highest BCUT2D eigenvalue weighted by molar-refractivity contribution is 5.81. The molecule has 3 heterocycles. The molecule has 0 aliphatic carbocycles. The third-order valence-corrected chi connectivity index (χ3v) is 4.86. The van der Waals surface area contributed by atoms with Crippen LogP contribution in [0.1, 0.15) is 17.5 Å². The zero-order chi connectivity index (χ0) is 19.2. The number of hydrogen-bond acceptors (Lipinski definition) is 3. The molecule has 28 heavy (non-hydrogen) atoms. The molecule has 6 nitrogen and oxygen atoms in total. The Labute approximate surface area is 165 Å². The van der Waals surface area contributed by atoms with Crippen LogP contribution >= 0.6 is 0 Å². The van der Waals surface area contributed by atoms with Crippen molar-refractivity contribution < 1.29 is 0 Å². The summed E-state index contributed by atoms with van der Waals surface area (Å²) in [6.45, 7) is 2.50. The molecule has 142 valence electrons. The number of aliphatic imine (C=N–C) groups is 1. The lowest BCUT2D eigenvalue weighted by atomic mass is 10.00. The third-order valence-electron chi connectivity index (χ3n) is 4.86. The number of pyridine rings is 1. The smallest absolute Gasteiger partial charge is 0.194 e. The van der Waals surface area contributed by atoms with E-state index in [0.29, 0.717) is 6.54 Å². The SMILES string of the molecule is CN=C(NCc1ccnc(-n2cccn2)c1)N1CC=C(c2ccccc2)CC1. The van der Waals surface area contributed by atoms with E-state index >= 15 is 0 Å². The Morgan fingerprint density at radius 3 is 2.75 bits per heavy atom. The largest absolute Gasteiger partial charge is 0.352 e. The van der Waals surface area contributed by atoms with Crippen molar-refractivity contribution in [2.75, 3.05) is 20.1 Å². The fraction of sp³-hybridized carbons (Fsp3) is 0.227. The minimum atomic E-state index is 0.690. The zero-order valence-electron chi connectivity index (χ0n) is 16.0. The second kappa shape index (κ2) is 8.52. The Bertz CT molecular complexity index is 960. The van der Waals surface area contributed by atoms with Gasteiger partial charge in [-0.1, -0.05) is 36.4 Å². The molecule has 0 fully saturated rings. The van der Waals surface area contributed by atoms with Crippen LogP contribution in [0.5, 0.6) is 0 Å². The van der Waals surface area contributed by atoms with Crippen molar-refractivity contribution in [2.24, 2.45) is 4.99 Å². The molecule has 0 unspecified atom stereocenters. The minimum Gasteiger partial charge on any atom is -0.352 e. The van der Waals surface area contributed by atoms with Crippen LogP contribution < -0.4 is 5.32 Å². The highest BCUT2D eigenvalue weighted by atomic mass is 15.3. The summed E-state index contributed by atoms with van der Waals surface area (Å²) in [5.74, 6) is 1.73. The van der Waals surface area contributed by atoms with Crippen LogP contribution in [0.15, 0.2) is 78.2 Å². The topological polar surface area (TPSA) is 58.3 Å². The number of rotatable bonds is 4. The number of hydrogen-bond donors (Lipinski definition) is 1. The molecule has 6 heteroatoms. The molecule has 0 radical (unpaired) electrons. The first kappa shape index (κ1) is 18.0. The van der Waals surface area contributed by atoms with E-state index in [1.54, 1.807) is 10.9 Å². The van der Waals surface area contributed by atoms with Crippen molar-refractivity contribution in [1.82, 2.24) is 25.0 Å². The Kier molecular flexibility index (Phi) is 5.47. The minimum absolute atomic E-state index is 0.690. The highest BCUT2D eigenvalue weighted by Gasteiger charge is 2.16. The van der Waals surface area contributed by atoms with Crippen molar-refractivity contribution in [1.29, 1.82) is 0 Å². The van der Waals surface area contributed by atoms with E-state index in [1.165, 1.54) is 11.1 Å². The molecular formula is C22H24N6. The van der Waals surface area contributed by atoms with Gasteiger partial charge < -0.3 is 10.2 Å². The summed E-state index contributed by atoms with van der Waals surface area (Å²) in [5.41, 5.74) is 3.86. The van der Waals surface area contributed by atoms with Crippen molar-refractivity contribution in [3.63, 3.8) is 0 Å².